The number of nitrogens with zero attached hydrogens (tertiary/aromatic N) is 2. The molecule has 0 unspecified atom stereocenters. The lowest BCUT2D eigenvalue weighted by atomic mass is 10.0. The van der Waals surface area contributed by atoms with E-state index < -0.39 is 0 Å². The van der Waals surface area contributed by atoms with Gasteiger partial charge in [-0.1, -0.05) is 20.8 Å². The van der Waals surface area contributed by atoms with E-state index in [0.29, 0.717) is 17.9 Å². The van der Waals surface area contributed by atoms with Crippen LogP contribution in [-0.4, -0.2) is 22.2 Å². The van der Waals surface area contributed by atoms with Crippen LogP contribution >= 0.6 is 0 Å². The Kier molecular flexibility index (Phi) is 5.51. The fraction of sp³-hybridized carbons (Fsp3) is 0.455. The molecule has 2 aromatic heterocycles. The summed E-state index contributed by atoms with van der Waals surface area (Å²) >= 11 is 0. The molecule has 2 N–H and O–H groups in total. The maximum absolute atomic E-state index is 12.9. The van der Waals surface area contributed by atoms with Gasteiger partial charge in [0.25, 0.3) is 5.56 Å². The van der Waals surface area contributed by atoms with E-state index in [2.05, 4.69) is 31.8 Å². The lowest BCUT2D eigenvalue weighted by Crippen LogP contribution is -2.29. The molecule has 1 aromatic carbocycles. The van der Waals surface area contributed by atoms with Gasteiger partial charge in [-0.3, -0.25) is 9.78 Å². The first-order chi connectivity index (χ1) is 12.8. The molecule has 3 rings (SSSR count). The first-order valence-electron chi connectivity index (χ1n) is 9.62. The standard InChI is InChI=1S/C22H29N3O2/c1-6-15-10-18-17-7-8-24-14(4)21(17)22(26)25(5)19(18)11-20(15)27-12-16(23)9-13(2)3/h7-8,10-11,13,16H,6,9,12,23H2,1-5H3/t16-/m0/s1. The molecule has 0 saturated carbocycles. The third kappa shape index (κ3) is 3.69. The van der Waals surface area contributed by atoms with Crippen molar-refractivity contribution >= 4 is 21.7 Å². The Morgan fingerprint density at radius 1 is 1.26 bits per heavy atom. The van der Waals surface area contributed by atoms with Gasteiger partial charge in [-0.15, -0.1) is 0 Å². The third-order valence-electron chi connectivity index (χ3n) is 5.10. The SMILES string of the molecule is CCc1cc2c3ccnc(C)c3c(=O)n(C)c2cc1OC[C@@H](N)CC(C)C. The summed E-state index contributed by atoms with van der Waals surface area (Å²) in [4.78, 5) is 17.2. The maximum atomic E-state index is 12.9. The van der Waals surface area contributed by atoms with Gasteiger partial charge < -0.3 is 15.0 Å². The molecule has 0 bridgehead atoms. The van der Waals surface area contributed by atoms with Crippen molar-refractivity contribution in [3.63, 3.8) is 0 Å². The molecule has 5 nitrogen and oxygen atoms in total. The topological polar surface area (TPSA) is 70.1 Å². The number of nitrogens with two attached hydrogens (primary N) is 1. The lowest BCUT2D eigenvalue weighted by Gasteiger charge is -2.18. The number of hydrogen-bond acceptors (Lipinski definition) is 4. The van der Waals surface area contributed by atoms with Crippen molar-refractivity contribution in [1.82, 2.24) is 9.55 Å². The van der Waals surface area contributed by atoms with Crippen LogP contribution in [0.25, 0.3) is 21.7 Å². The molecule has 2 heterocycles. The van der Waals surface area contributed by atoms with E-state index in [1.165, 1.54) is 0 Å². The van der Waals surface area contributed by atoms with Crippen molar-refractivity contribution in [3.05, 3.63) is 46.0 Å². The van der Waals surface area contributed by atoms with Crippen LogP contribution in [-0.2, 0) is 13.5 Å². The molecular weight excluding hydrogens is 338 g/mol. The Morgan fingerprint density at radius 3 is 2.67 bits per heavy atom. The first kappa shape index (κ1) is 19.4. The van der Waals surface area contributed by atoms with Gasteiger partial charge in [0.05, 0.1) is 16.6 Å². The minimum atomic E-state index is -0.0326. The number of benzene rings is 1. The molecule has 0 saturated heterocycles. The predicted molar refractivity (Wildman–Crippen MR) is 112 cm³/mol. The molecule has 0 aliphatic rings. The second kappa shape index (κ2) is 7.69. The quantitative estimate of drug-likeness (QED) is 0.674. The molecule has 5 heteroatoms. The van der Waals surface area contributed by atoms with Crippen molar-refractivity contribution in [1.29, 1.82) is 0 Å². The fourth-order valence-electron chi connectivity index (χ4n) is 3.73. The highest BCUT2D eigenvalue weighted by atomic mass is 16.5. The van der Waals surface area contributed by atoms with Gasteiger partial charge in [-0.05, 0) is 48.8 Å². The van der Waals surface area contributed by atoms with Crippen LogP contribution in [0.3, 0.4) is 0 Å². The molecule has 1 atom stereocenters. The average molecular weight is 367 g/mol. The predicted octanol–water partition coefficient (Wildman–Crippen LogP) is 3.71. The summed E-state index contributed by atoms with van der Waals surface area (Å²) in [6.45, 7) is 8.78. The fourth-order valence-corrected chi connectivity index (χ4v) is 3.73. The monoisotopic (exact) mass is 367 g/mol. The van der Waals surface area contributed by atoms with Gasteiger partial charge in [0.2, 0.25) is 0 Å². The summed E-state index contributed by atoms with van der Waals surface area (Å²) in [6.07, 6.45) is 3.53. The van der Waals surface area contributed by atoms with Crippen LogP contribution in [0.15, 0.2) is 29.2 Å². The highest BCUT2D eigenvalue weighted by Gasteiger charge is 2.15. The molecule has 0 spiro atoms. The summed E-state index contributed by atoms with van der Waals surface area (Å²) < 4.78 is 7.76. The lowest BCUT2D eigenvalue weighted by molar-refractivity contribution is 0.269. The van der Waals surface area contributed by atoms with Crippen LogP contribution < -0.4 is 16.0 Å². The van der Waals surface area contributed by atoms with Crippen molar-refractivity contribution in [2.24, 2.45) is 18.7 Å². The number of rotatable bonds is 6. The van der Waals surface area contributed by atoms with Crippen LogP contribution in [0.5, 0.6) is 5.75 Å². The van der Waals surface area contributed by atoms with Gasteiger partial charge in [-0.25, -0.2) is 0 Å². The second-order valence-electron chi connectivity index (χ2n) is 7.71. The Bertz CT molecular complexity index is 1040. The van der Waals surface area contributed by atoms with E-state index in [1.54, 1.807) is 17.8 Å². The molecule has 27 heavy (non-hydrogen) atoms. The summed E-state index contributed by atoms with van der Waals surface area (Å²) in [5.41, 5.74) is 8.89. The Labute approximate surface area is 160 Å². The van der Waals surface area contributed by atoms with Crippen LogP contribution in [0.4, 0.5) is 0 Å². The smallest absolute Gasteiger partial charge is 0.260 e. The third-order valence-corrected chi connectivity index (χ3v) is 5.10. The second-order valence-corrected chi connectivity index (χ2v) is 7.71. The zero-order valence-corrected chi connectivity index (χ0v) is 16.9. The van der Waals surface area contributed by atoms with E-state index in [1.807, 2.05) is 19.1 Å². The highest BCUT2D eigenvalue weighted by molar-refractivity contribution is 6.06. The molecule has 0 fully saturated rings. The Hall–Kier alpha value is -2.40. The maximum Gasteiger partial charge on any atom is 0.260 e. The zero-order valence-electron chi connectivity index (χ0n) is 16.9. The molecule has 0 amide bonds. The number of aromatic nitrogens is 2. The number of aryl methyl sites for hydroxylation is 3. The average Bonchev–Trinajstić information content (AvgIpc) is 2.63. The summed E-state index contributed by atoms with van der Waals surface area (Å²) in [5.74, 6) is 1.35. The van der Waals surface area contributed by atoms with E-state index >= 15 is 0 Å². The molecular formula is C22H29N3O2. The first-order valence-corrected chi connectivity index (χ1v) is 9.62. The molecule has 144 valence electrons. The van der Waals surface area contributed by atoms with Crippen LogP contribution in [0, 0.1) is 12.8 Å². The van der Waals surface area contributed by atoms with Gasteiger partial charge in [0.15, 0.2) is 0 Å². The number of pyridine rings is 2. The highest BCUT2D eigenvalue weighted by Crippen LogP contribution is 2.30. The summed E-state index contributed by atoms with van der Waals surface area (Å²) in [6, 6.07) is 6.04. The van der Waals surface area contributed by atoms with E-state index in [9.17, 15) is 4.79 Å². The summed E-state index contributed by atoms with van der Waals surface area (Å²) in [7, 11) is 1.80. The van der Waals surface area contributed by atoms with Crippen LogP contribution in [0.2, 0.25) is 0 Å². The number of ether oxygens (including phenoxy) is 1. The summed E-state index contributed by atoms with van der Waals surface area (Å²) in [5, 5.41) is 2.67. The molecule has 3 aromatic rings. The Balaban J connectivity index is 2.14. The van der Waals surface area contributed by atoms with Crippen molar-refractivity contribution in [2.75, 3.05) is 6.61 Å². The molecule has 0 radical (unpaired) electrons. The van der Waals surface area contributed by atoms with Crippen LogP contribution in [0.1, 0.15) is 38.4 Å². The number of hydrogen-bond donors (Lipinski definition) is 1. The van der Waals surface area contributed by atoms with Gasteiger partial charge in [0.1, 0.15) is 12.4 Å². The zero-order chi connectivity index (χ0) is 19.7. The molecule has 0 aliphatic heterocycles. The van der Waals surface area contributed by atoms with E-state index in [4.69, 9.17) is 10.5 Å². The van der Waals surface area contributed by atoms with Crippen molar-refractivity contribution < 1.29 is 4.74 Å². The van der Waals surface area contributed by atoms with Gasteiger partial charge >= 0.3 is 0 Å². The normalized spacial score (nSPS) is 12.9. The minimum absolute atomic E-state index is 0.000417. The molecule has 0 aliphatic carbocycles. The van der Waals surface area contributed by atoms with E-state index in [0.717, 1.165) is 46.1 Å². The van der Waals surface area contributed by atoms with Crippen molar-refractivity contribution in [2.45, 2.75) is 46.6 Å². The van der Waals surface area contributed by atoms with E-state index in [-0.39, 0.29) is 11.6 Å². The Morgan fingerprint density at radius 2 is 2.00 bits per heavy atom. The van der Waals surface area contributed by atoms with Gasteiger partial charge in [-0.2, -0.15) is 0 Å². The minimum Gasteiger partial charge on any atom is -0.492 e. The number of fused-ring (bicyclic) bond motifs is 3. The largest absolute Gasteiger partial charge is 0.492 e. The van der Waals surface area contributed by atoms with Crippen molar-refractivity contribution in [3.8, 4) is 5.75 Å². The van der Waals surface area contributed by atoms with Gasteiger partial charge in [0, 0.05) is 30.7 Å².